The highest BCUT2D eigenvalue weighted by Crippen LogP contribution is 2.13. The van der Waals surface area contributed by atoms with Crippen LogP contribution in [-0.4, -0.2) is 69.2 Å². The van der Waals surface area contributed by atoms with Crippen LogP contribution in [0.3, 0.4) is 0 Å². The van der Waals surface area contributed by atoms with E-state index in [4.69, 9.17) is 25.5 Å². The van der Waals surface area contributed by atoms with Crippen LogP contribution in [0.25, 0.3) is 0 Å². The predicted octanol–water partition coefficient (Wildman–Crippen LogP) is 1.15. The van der Waals surface area contributed by atoms with Gasteiger partial charge in [-0.1, -0.05) is 0 Å². The van der Waals surface area contributed by atoms with Gasteiger partial charge in [0.25, 0.3) is 0 Å². The summed E-state index contributed by atoms with van der Waals surface area (Å²) in [5.74, 6) is -3.88. The second kappa shape index (κ2) is 11.9. The Morgan fingerprint density at radius 3 is 1.70 bits per heavy atom. The zero-order valence-electron chi connectivity index (χ0n) is 15.6. The molecule has 5 N–H and O–H groups in total. The van der Waals surface area contributed by atoms with E-state index in [1.54, 1.807) is 0 Å². The average Bonchev–Trinajstić information content (AvgIpc) is 2.72. The van der Waals surface area contributed by atoms with Gasteiger partial charge in [0.05, 0.1) is 28.9 Å². The van der Waals surface area contributed by atoms with E-state index in [2.05, 4.69) is 4.74 Å². The lowest BCUT2D eigenvalue weighted by atomic mass is 10.0. The smallest absolute Gasteiger partial charge is 0.338 e. The molecule has 0 saturated carbocycles. The number of aliphatic hydroxyl groups excluding tert-OH is 2. The van der Waals surface area contributed by atoms with Gasteiger partial charge in [-0.05, 0) is 54.4 Å². The van der Waals surface area contributed by atoms with E-state index in [0.29, 0.717) is 5.56 Å². The van der Waals surface area contributed by atoms with Crippen molar-refractivity contribution < 1.29 is 49.4 Å². The minimum atomic E-state index is -1.13. The Hall–Kier alpha value is -3.76. The summed E-state index contributed by atoms with van der Waals surface area (Å²) in [6, 6.07) is 9.09. The Kier molecular flexibility index (Phi) is 9.66. The molecule has 0 bridgehead atoms. The molecule has 0 aliphatic rings. The molecule has 0 heterocycles. The number of ether oxygens (including phenoxy) is 1. The maximum atomic E-state index is 11.2. The number of carboxylic acids is 3. The molecule has 2 rings (SSSR count). The fourth-order valence-electron chi connectivity index (χ4n) is 2.23. The van der Waals surface area contributed by atoms with E-state index < -0.39 is 23.9 Å². The zero-order chi connectivity index (χ0) is 22.7. The fourth-order valence-corrected chi connectivity index (χ4v) is 2.23. The predicted molar refractivity (Wildman–Crippen MR) is 102 cm³/mol. The maximum Gasteiger partial charge on any atom is 0.338 e. The summed E-state index contributed by atoms with van der Waals surface area (Å²) in [5, 5.41) is 43.2. The number of carboxylic acid groups (broad SMARTS) is 3. The van der Waals surface area contributed by atoms with Gasteiger partial charge in [0, 0.05) is 6.61 Å². The van der Waals surface area contributed by atoms with Crippen LogP contribution in [0.2, 0.25) is 0 Å². The van der Waals surface area contributed by atoms with Gasteiger partial charge in [-0.2, -0.15) is 0 Å². The first kappa shape index (κ1) is 24.3. The van der Waals surface area contributed by atoms with Gasteiger partial charge >= 0.3 is 23.9 Å². The van der Waals surface area contributed by atoms with Gasteiger partial charge in [-0.15, -0.1) is 0 Å². The highest BCUT2D eigenvalue weighted by molar-refractivity contribution is 5.93. The lowest BCUT2D eigenvalue weighted by Gasteiger charge is -2.05. The standard InChI is InChI=1S/2C10H10O5/c11-5-6-15-10(14)8-3-1-7(2-4-8)9(12)13;11-4-3-6-5-7(9(12)13)1-2-8(6)10(14)15/h1-4,11H,5-6H2,(H,12,13);1-2,5,11H,3-4H2,(H,12,13)(H,14,15). The van der Waals surface area contributed by atoms with Crippen LogP contribution in [0.5, 0.6) is 0 Å². The number of hydrogen-bond acceptors (Lipinski definition) is 7. The maximum absolute atomic E-state index is 11.2. The summed E-state index contributed by atoms with van der Waals surface area (Å²) in [6.45, 7) is -0.526. The molecule has 0 amide bonds. The summed E-state index contributed by atoms with van der Waals surface area (Å²) in [6.07, 6.45) is 0.128. The largest absolute Gasteiger partial charge is 0.478 e. The Balaban J connectivity index is 0.000000300. The number of hydrogen-bond donors (Lipinski definition) is 5. The Labute approximate surface area is 170 Å². The van der Waals surface area contributed by atoms with Crippen molar-refractivity contribution in [3.63, 3.8) is 0 Å². The van der Waals surface area contributed by atoms with Crippen molar-refractivity contribution in [2.24, 2.45) is 0 Å². The number of aliphatic hydroxyl groups is 2. The zero-order valence-corrected chi connectivity index (χ0v) is 15.6. The van der Waals surface area contributed by atoms with Gasteiger partial charge in [0.2, 0.25) is 0 Å². The van der Waals surface area contributed by atoms with E-state index in [1.165, 1.54) is 42.5 Å². The highest BCUT2D eigenvalue weighted by Gasteiger charge is 2.12. The molecule has 0 aliphatic carbocycles. The summed E-state index contributed by atoms with van der Waals surface area (Å²) < 4.78 is 4.64. The van der Waals surface area contributed by atoms with E-state index >= 15 is 0 Å². The van der Waals surface area contributed by atoms with Crippen LogP contribution in [0.4, 0.5) is 0 Å². The van der Waals surface area contributed by atoms with E-state index in [1.807, 2.05) is 0 Å². The van der Waals surface area contributed by atoms with Crippen LogP contribution < -0.4 is 0 Å². The molecule has 160 valence electrons. The SMILES string of the molecule is O=C(O)c1ccc(C(=O)O)c(CCO)c1.O=C(O)c1ccc(C(=O)OCCO)cc1. The Morgan fingerprint density at radius 2 is 1.23 bits per heavy atom. The van der Waals surface area contributed by atoms with E-state index in [0.717, 1.165) is 0 Å². The third-order valence-electron chi connectivity index (χ3n) is 3.66. The average molecular weight is 420 g/mol. The van der Waals surface area contributed by atoms with Crippen molar-refractivity contribution in [1.29, 1.82) is 0 Å². The first-order valence-electron chi connectivity index (χ1n) is 8.53. The molecule has 30 heavy (non-hydrogen) atoms. The second-order valence-corrected chi connectivity index (χ2v) is 5.70. The Morgan fingerprint density at radius 1 is 0.700 bits per heavy atom. The topological polar surface area (TPSA) is 179 Å². The van der Waals surface area contributed by atoms with Crippen LogP contribution in [-0.2, 0) is 11.2 Å². The van der Waals surface area contributed by atoms with Crippen molar-refractivity contribution in [3.05, 3.63) is 70.3 Å². The number of esters is 1. The molecule has 0 saturated heterocycles. The molecule has 10 heteroatoms. The molecule has 0 unspecified atom stereocenters. The number of rotatable bonds is 8. The molecule has 0 radical (unpaired) electrons. The fraction of sp³-hybridized carbons (Fsp3) is 0.200. The van der Waals surface area contributed by atoms with Gasteiger partial charge in [0.15, 0.2) is 0 Å². The molecular weight excluding hydrogens is 400 g/mol. The number of carbonyl (C=O) groups excluding carboxylic acids is 1. The minimum absolute atomic E-state index is 0.0171. The summed E-state index contributed by atoms with van der Waals surface area (Å²) >= 11 is 0. The molecule has 2 aromatic carbocycles. The van der Waals surface area contributed by atoms with Crippen molar-refractivity contribution >= 4 is 23.9 Å². The normalized spacial score (nSPS) is 9.80. The quantitative estimate of drug-likeness (QED) is 0.389. The lowest BCUT2D eigenvalue weighted by Crippen LogP contribution is -2.09. The van der Waals surface area contributed by atoms with Gasteiger partial charge < -0.3 is 30.3 Å². The lowest BCUT2D eigenvalue weighted by molar-refractivity contribution is 0.0432. The van der Waals surface area contributed by atoms with Crippen LogP contribution in [0, 0.1) is 0 Å². The molecule has 10 nitrogen and oxygen atoms in total. The molecule has 0 aromatic heterocycles. The van der Waals surface area contributed by atoms with Crippen LogP contribution in [0.15, 0.2) is 42.5 Å². The highest BCUT2D eigenvalue weighted by atomic mass is 16.5. The monoisotopic (exact) mass is 420 g/mol. The molecule has 2 aromatic rings. The molecule has 0 spiro atoms. The van der Waals surface area contributed by atoms with Crippen LogP contribution >= 0.6 is 0 Å². The Bertz CT molecular complexity index is 902. The molecular formula is C20H20O10. The number of benzene rings is 2. The molecule has 0 aliphatic heterocycles. The second-order valence-electron chi connectivity index (χ2n) is 5.70. The van der Waals surface area contributed by atoms with Crippen molar-refractivity contribution in [1.82, 2.24) is 0 Å². The number of aromatic carboxylic acids is 3. The van der Waals surface area contributed by atoms with Crippen molar-refractivity contribution in [2.75, 3.05) is 19.8 Å². The third kappa shape index (κ3) is 7.34. The summed E-state index contributed by atoms with van der Waals surface area (Å²) in [4.78, 5) is 43.1. The van der Waals surface area contributed by atoms with Gasteiger partial charge in [0.1, 0.15) is 6.61 Å². The van der Waals surface area contributed by atoms with Crippen molar-refractivity contribution in [2.45, 2.75) is 6.42 Å². The van der Waals surface area contributed by atoms with E-state index in [-0.39, 0.29) is 48.5 Å². The summed E-state index contributed by atoms with van der Waals surface area (Å²) in [5.41, 5.74) is 0.726. The summed E-state index contributed by atoms with van der Waals surface area (Å²) in [7, 11) is 0. The number of carbonyl (C=O) groups is 4. The first-order chi connectivity index (χ1) is 14.2. The third-order valence-corrected chi connectivity index (χ3v) is 3.66. The first-order valence-corrected chi connectivity index (χ1v) is 8.53. The van der Waals surface area contributed by atoms with Crippen LogP contribution in [0.1, 0.15) is 47.0 Å². The van der Waals surface area contributed by atoms with Crippen molar-refractivity contribution in [3.8, 4) is 0 Å². The molecule has 0 atom stereocenters. The molecule has 0 fully saturated rings. The minimum Gasteiger partial charge on any atom is -0.478 e. The van der Waals surface area contributed by atoms with Gasteiger partial charge in [-0.25, -0.2) is 19.2 Å². The van der Waals surface area contributed by atoms with Gasteiger partial charge in [-0.3, -0.25) is 0 Å². The van der Waals surface area contributed by atoms with E-state index in [9.17, 15) is 19.2 Å².